The SMILES string of the molecule is Cc1cc(OCCN2CCCC(O)C2)ccc1C(C)C. The number of aryl methyl sites for hydroxylation is 1. The minimum Gasteiger partial charge on any atom is -0.492 e. The lowest BCUT2D eigenvalue weighted by molar-refractivity contribution is 0.0633. The van der Waals surface area contributed by atoms with Crippen molar-refractivity contribution in [1.82, 2.24) is 4.90 Å². The number of aliphatic hydroxyl groups excluding tert-OH is 1. The van der Waals surface area contributed by atoms with Gasteiger partial charge in [-0.3, -0.25) is 4.90 Å². The quantitative estimate of drug-likeness (QED) is 0.898. The number of ether oxygens (including phenoxy) is 1. The predicted octanol–water partition coefficient (Wildman–Crippen LogP) is 2.95. The molecule has 1 fully saturated rings. The van der Waals surface area contributed by atoms with Gasteiger partial charge in [-0.15, -0.1) is 0 Å². The second kappa shape index (κ2) is 7.09. The molecule has 0 bridgehead atoms. The van der Waals surface area contributed by atoms with E-state index in [1.165, 1.54) is 11.1 Å². The summed E-state index contributed by atoms with van der Waals surface area (Å²) in [6.07, 6.45) is 1.87. The van der Waals surface area contributed by atoms with Gasteiger partial charge in [-0.25, -0.2) is 0 Å². The lowest BCUT2D eigenvalue weighted by Gasteiger charge is -2.29. The van der Waals surface area contributed by atoms with Crippen LogP contribution >= 0.6 is 0 Å². The highest BCUT2D eigenvalue weighted by Crippen LogP contribution is 2.23. The number of aliphatic hydroxyl groups is 1. The Morgan fingerprint density at radius 1 is 1.40 bits per heavy atom. The van der Waals surface area contributed by atoms with Gasteiger partial charge < -0.3 is 9.84 Å². The molecule has 0 aromatic heterocycles. The van der Waals surface area contributed by atoms with Crippen molar-refractivity contribution in [2.24, 2.45) is 0 Å². The van der Waals surface area contributed by atoms with Crippen molar-refractivity contribution in [2.45, 2.75) is 45.6 Å². The summed E-state index contributed by atoms with van der Waals surface area (Å²) >= 11 is 0. The van der Waals surface area contributed by atoms with Crippen molar-refractivity contribution < 1.29 is 9.84 Å². The molecule has 3 heteroatoms. The average Bonchev–Trinajstić information content (AvgIpc) is 2.38. The number of hydrogen-bond donors (Lipinski definition) is 1. The van der Waals surface area contributed by atoms with Crippen molar-refractivity contribution in [2.75, 3.05) is 26.2 Å². The van der Waals surface area contributed by atoms with E-state index in [-0.39, 0.29) is 6.10 Å². The Labute approximate surface area is 122 Å². The van der Waals surface area contributed by atoms with Gasteiger partial charge in [0.15, 0.2) is 0 Å². The van der Waals surface area contributed by atoms with Crippen LogP contribution in [0.25, 0.3) is 0 Å². The first-order chi connectivity index (χ1) is 9.56. The Morgan fingerprint density at radius 2 is 2.20 bits per heavy atom. The van der Waals surface area contributed by atoms with Crippen LogP contribution in [0.15, 0.2) is 18.2 Å². The third-order valence-electron chi connectivity index (χ3n) is 4.02. The first kappa shape index (κ1) is 15.3. The van der Waals surface area contributed by atoms with E-state index < -0.39 is 0 Å². The predicted molar refractivity (Wildman–Crippen MR) is 82.4 cm³/mol. The van der Waals surface area contributed by atoms with Crippen molar-refractivity contribution in [3.63, 3.8) is 0 Å². The van der Waals surface area contributed by atoms with E-state index in [9.17, 15) is 5.11 Å². The zero-order chi connectivity index (χ0) is 14.5. The van der Waals surface area contributed by atoms with Gasteiger partial charge in [-0.05, 0) is 55.5 Å². The Hall–Kier alpha value is -1.06. The monoisotopic (exact) mass is 277 g/mol. The molecule has 1 atom stereocenters. The molecule has 1 unspecified atom stereocenters. The summed E-state index contributed by atoms with van der Waals surface area (Å²) in [5.41, 5.74) is 2.68. The van der Waals surface area contributed by atoms with Crippen LogP contribution in [-0.4, -0.2) is 42.4 Å². The van der Waals surface area contributed by atoms with Crippen molar-refractivity contribution >= 4 is 0 Å². The van der Waals surface area contributed by atoms with Gasteiger partial charge in [0.2, 0.25) is 0 Å². The minimum absolute atomic E-state index is 0.156. The maximum Gasteiger partial charge on any atom is 0.119 e. The second-order valence-electron chi connectivity index (χ2n) is 6.12. The van der Waals surface area contributed by atoms with Gasteiger partial charge in [-0.1, -0.05) is 19.9 Å². The number of piperidine rings is 1. The van der Waals surface area contributed by atoms with Crippen LogP contribution in [0.3, 0.4) is 0 Å². The molecular weight excluding hydrogens is 250 g/mol. The fraction of sp³-hybridized carbons (Fsp3) is 0.647. The molecular formula is C17H27NO2. The maximum absolute atomic E-state index is 9.63. The number of likely N-dealkylation sites (tertiary alicyclic amines) is 1. The summed E-state index contributed by atoms with van der Waals surface area (Å²) in [7, 11) is 0. The third-order valence-corrected chi connectivity index (χ3v) is 4.02. The fourth-order valence-corrected chi connectivity index (χ4v) is 2.91. The Morgan fingerprint density at radius 3 is 2.85 bits per heavy atom. The van der Waals surface area contributed by atoms with Gasteiger partial charge in [0.25, 0.3) is 0 Å². The maximum atomic E-state index is 9.63. The largest absolute Gasteiger partial charge is 0.492 e. The molecule has 2 rings (SSSR count). The lowest BCUT2D eigenvalue weighted by atomic mass is 9.98. The summed E-state index contributed by atoms with van der Waals surface area (Å²) in [4.78, 5) is 2.28. The normalized spacial score (nSPS) is 20.4. The van der Waals surface area contributed by atoms with Crippen molar-refractivity contribution in [3.05, 3.63) is 29.3 Å². The van der Waals surface area contributed by atoms with Gasteiger partial charge in [-0.2, -0.15) is 0 Å². The van der Waals surface area contributed by atoms with E-state index in [2.05, 4.69) is 43.9 Å². The Kier molecular flexibility index (Phi) is 5.44. The van der Waals surface area contributed by atoms with Crippen LogP contribution in [0.5, 0.6) is 5.75 Å². The van der Waals surface area contributed by atoms with Crippen LogP contribution in [0, 0.1) is 6.92 Å². The Balaban J connectivity index is 1.80. The number of benzene rings is 1. The van der Waals surface area contributed by atoms with Crippen LogP contribution in [0.2, 0.25) is 0 Å². The molecule has 1 aromatic carbocycles. The molecule has 0 aliphatic carbocycles. The molecule has 20 heavy (non-hydrogen) atoms. The first-order valence-corrected chi connectivity index (χ1v) is 7.70. The van der Waals surface area contributed by atoms with E-state index in [1.807, 2.05) is 0 Å². The number of rotatable bonds is 5. The molecule has 0 spiro atoms. The standard InChI is InChI=1S/C17H27NO2/c1-13(2)17-7-6-16(11-14(17)3)20-10-9-18-8-4-5-15(19)12-18/h6-7,11,13,15,19H,4-5,8-10,12H2,1-3H3. The van der Waals surface area contributed by atoms with Crippen LogP contribution < -0.4 is 4.74 Å². The highest BCUT2D eigenvalue weighted by molar-refractivity contribution is 5.36. The van der Waals surface area contributed by atoms with Gasteiger partial charge in [0.1, 0.15) is 12.4 Å². The summed E-state index contributed by atoms with van der Waals surface area (Å²) < 4.78 is 5.84. The Bertz CT molecular complexity index is 431. The fourth-order valence-electron chi connectivity index (χ4n) is 2.91. The smallest absolute Gasteiger partial charge is 0.119 e. The van der Waals surface area contributed by atoms with E-state index >= 15 is 0 Å². The molecule has 0 radical (unpaired) electrons. The molecule has 1 aliphatic rings. The zero-order valence-electron chi connectivity index (χ0n) is 12.9. The molecule has 1 N–H and O–H groups in total. The molecule has 0 amide bonds. The summed E-state index contributed by atoms with van der Waals surface area (Å²) in [5.74, 6) is 1.50. The van der Waals surface area contributed by atoms with Crippen LogP contribution in [0.1, 0.15) is 43.7 Å². The summed E-state index contributed by atoms with van der Waals surface area (Å²) in [6.45, 7) is 10.0. The molecule has 1 aliphatic heterocycles. The van der Waals surface area contributed by atoms with E-state index in [4.69, 9.17) is 4.74 Å². The molecule has 1 heterocycles. The topological polar surface area (TPSA) is 32.7 Å². The van der Waals surface area contributed by atoms with Crippen LogP contribution in [-0.2, 0) is 0 Å². The first-order valence-electron chi connectivity index (χ1n) is 7.70. The highest BCUT2D eigenvalue weighted by Gasteiger charge is 2.17. The zero-order valence-corrected chi connectivity index (χ0v) is 12.9. The average molecular weight is 277 g/mol. The molecule has 1 aromatic rings. The van der Waals surface area contributed by atoms with E-state index in [0.717, 1.165) is 38.2 Å². The number of hydrogen-bond acceptors (Lipinski definition) is 3. The van der Waals surface area contributed by atoms with E-state index in [0.29, 0.717) is 12.5 Å². The van der Waals surface area contributed by atoms with Gasteiger partial charge in [0.05, 0.1) is 6.10 Å². The number of β-amino-alcohol motifs (C(OH)–C–C–N with tert-alkyl or cyclic N) is 1. The summed E-state index contributed by atoms with van der Waals surface area (Å²) in [6, 6.07) is 6.35. The molecule has 0 saturated carbocycles. The lowest BCUT2D eigenvalue weighted by Crippen LogP contribution is -2.40. The van der Waals surface area contributed by atoms with Gasteiger partial charge in [0, 0.05) is 13.1 Å². The minimum atomic E-state index is -0.156. The van der Waals surface area contributed by atoms with Crippen molar-refractivity contribution in [1.29, 1.82) is 0 Å². The highest BCUT2D eigenvalue weighted by atomic mass is 16.5. The summed E-state index contributed by atoms with van der Waals surface area (Å²) in [5, 5.41) is 9.63. The van der Waals surface area contributed by atoms with Gasteiger partial charge >= 0.3 is 0 Å². The van der Waals surface area contributed by atoms with Crippen molar-refractivity contribution in [3.8, 4) is 5.75 Å². The molecule has 3 nitrogen and oxygen atoms in total. The van der Waals surface area contributed by atoms with Crippen LogP contribution in [0.4, 0.5) is 0 Å². The molecule has 1 saturated heterocycles. The molecule has 112 valence electrons. The van der Waals surface area contributed by atoms with E-state index in [1.54, 1.807) is 0 Å². The second-order valence-corrected chi connectivity index (χ2v) is 6.12. The number of nitrogens with zero attached hydrogens (tertiary/aromatic N) is 1. The third kappa shape index (κ3) is 4.22.